The van der Waals surface area contributed by atoms with Crippen LogP contribution < -0.4 is 10.1 Å². The van der Waals surface area contributed by atoms with Crippen LogP contribution in [0.1, 0.15) is 22.4 Å². The normalized spacial score (nSPS) is 13.2. The Morgan fingerprint density at radius 3 is 2.76 bits per heavy atom. The Bertz CT molecular complexity index is 1510. The summed E-state index contributed by atoms with van der Waals surface area (Å²) in [5.74, 6) is 0.992. The molecule has 0 amide bonds. The topological polar surface area (TPSA) is 85.6 Å². The van der Waals surface area contributed by atoms with E-state index >= 15 is 0 Å². The molecule has 1 aliphatic rings. The van der Waals surface area contributed by atoms with Crippen LogP contribution in [-0.4, -0.2) is 35.6 Å². The zero-order valence-corrected chi connectivity index (χ0v) is 19.3. The molecule has 4 aromatic rings. The van der Waals surface area contributed by atoms with Gasteiger partial charge < -0.3 is 10.1 Å². The first kappa shape index (κ1) is 21.4. The molecule has 0 radical (unpaired) electrons. The van der Waals surface area contributed by atoms with Gasteiger partial charge in [0, 0.05) is 48.3 Å². The highest BCUT2D eigenvalue weighted by Gasteiger charge is 2.20. The predicted octanol–water partition coefficient (Wildman–Crippen LogP) is 4.10. The number of nitrogens with zero attached hydrogens (tertiary/aromatic N) is 3. The molecular formula is C24H23FN4O3S. The van der Waals surface area contributed by atoms with Crippen molar-refractivity contribution in [1.82, 2.24) is 14.4 Å². The van der Waals surface area contributed by atoms with Crippen LogP contribution in [0.5, 0.6) is 5.75 Å². The average molecular weight is 467 g/mol. The number of sulfone groups is 1. The molecule has 2 aromatic carbocycles. The van der Waals surface area contributed by atoms with Crippen molar-refractivity contribution in [3.63, 3.8) is 0 Å². The zero-order valence-electron chi connectivity index (χ0n) is 18.5. The molecule has 0 bridgehead atoms. The zero-order chi connectivity index (χ0) is 23.3. The first-order valence-corrected chi connectivity index (χ1v) is 12.4. The third-order valence-corrected chi connectivity index (χ3v) is 7.00. The van der Waals surface area contributed by atoms with E-state index < -0.39 is 9.84 Å². The van der Waals surface area contributed by atoms with Gasteiger partial charge in [0.25, 0.3) is 0 Å². The van der Waals surface area contributed by atoms with Gasteiger partial charge in [-0.25, -0.2) is 22.8 Å². The average Bonchev–Trinajstić information content (AvgIpc) is 3.39. The van der Waals surface area contributed by atoms with Crippen molar-refractivity contribution in [1.29, 1.82) is 0 Å². The van der Waals surface area contributed by atoms with Crippen molar-refractivity contribution < 1.29 is 17.5 Å². The maximum atomic E-state index is 14.5. The number of hydrogen-bond donors (Lipinski definition) is 1. The Kier molecular flexibility index (Phi) is 5.08. The molecule has 9 heteroatoms. The summed E-state index contributed by atoms with van der Waals surface area (Å²) in [5, 5.41) is 3.25. The Balaban J connectivity index is 1.53. The lowest BCUT2D eigenvalue weighted by atomic mass is 10.0. The number of anilines is 1. The number of imidazole rings is 1. The lowest BCUT2D eigenvalue weighted by Crippen LogP contribution is -2.10. The number of ether oxygens (including phenoxy) is 1. The maximum absolute atomic E-state index is 14.5. The van der Waals surface area contributed by atoms with E-state index in [2.05, 4.69) is 15.3 Å². The fourth-order valence-corrected chi connectivity index (χ4v) is 4.96. The van der Waals surface area contributed by atoms with Crippen molar-refractivity contribution in [2.75, 3.05) is 18.2 Å². The van der Waals surface area contributed by atoms with Crippen molar-refractivity contribution in [2.24, 2.45) is 0 Å². The van der Waals surface area contributed by atoms with Crippen LogP contribution >= 0.6 is 0 Å². The number of aryl methyl sites for hydroxylation is 2. The molecule has 0 aliphatic carbocycles. The van der Waals surface area contributed by atoms with Crippen LogP contribution in [-0.2, 0) is 22.8 Å². The Morgan fingerprint density at radius 2 is 2.00 bits per heavy atom. The fraction of sp³-hybridized carbons (Fsp3) is 0.250. The number of nitrogens with one attached hydrogen (secondary N) is 1. The standard InChI is InChI=1S/C24H23FN4O3S/c1-14-10-16(33(3,30)31)4-5-17(14)20-12-27-24(29-13-15(2)28-23(20)29)26-11-19-18-8-9-32-22(18)7-6-21(19)25/h4-7,10,12-13H,8-9,11H2,1-3H3,(H,26,27). The van der Waals surface area contributed by atoms with E-state index in [1.165, 1.54) is 12.3 Å². The summed E-state index contributed by atoms with van der Waals surface area (Å²) in [5.41, 5.74) is 5.39. The minimum absolute atomic E-state index is 0.263. The summed E-state index contributed by atoms with van der Waals surface area (Å²) in [6, 6.07) is 8.13. The van der Waals surface area contributed by atoms with Crippen LogP contribution in [0.4, 0.5) is 10.3 Å². The molecule has 5 rings (SSSR count). The van der Waals surface area contributed by atoms with Crippen molar-refractivity contribution in [3.8, 4) is 16.9 Å². The Hall–Kier alpha value is -3.46. The van der Waals surface area contributed by atoms with Crippen molar-refractivity contribution >= 4 is 21.4 Å². The van der Waals surface area contributed by atoms with Gasteiger partial charge >= 0.3 is 0 Å². The summed E-state index contributed by atoms with van der Waals surface area (Å²) in [6.45, 7) is 4.57. The van der Waals surface area contributed by atoms with Gasteiger partial charge in [0.2, 0.25) is 5.95 Å². The minimum atomic E-state index is -3.30. The molecule has 0 atom stereocenters. The largest absolute Gasteiger partial charge is 0.493 e. The van der Waals surface area contributed by atoms with E-state index in [4.69, 9.17) is 4.74 Å². The molecule has 3 heterocycles. The van der Waals surface area contributed by atoms with Crippen LogP contribution in [0.25, 0.3) is 16.8 Å². The van der Waals surface area contributed by atoms with Crippen molar-refractivity contribution in [2.45, 2.75) is 31.7 Å². The summed E-state index contributed by atoms with van der Waals surface area (Å²) in [6.07, 6.45) is 5.44. The van der Waals surface area contributed by atoms with E-state index in [9.17, 15) is 12.8 Å². The molecule has 0 unspecified atom stereocenters. The predicted molar refractivity (Wildman–Crippen MR) is 124 cm³/mol. The number of benzene rings is 2. The van der Waals surface area contributed by atoms with Crippen LogP contribution in [0.3, 0.4) is 0 Å². The van der Waals surface area contributed by atoms with Gasteiger partial charge in [-0.2, -0.15) is 0 Å². The minimum Gasteiger partial charge on any atom is -0.493 e. The lowest BCUT2D eigenvalue weighted by molar-refractivity contribution is 0.356. The maximum Gasteiger partial charge on any atom is 0.208 e. The van der Waals surface area contributed by atoms with Gasteiger partial charge in [0.05, 0.1) is 17.2 Å². The first-order valence-electron chi connectivity index (χ1n) is 10.5. The van der Waals surface area contributed by atoms with E-state index in [1.54, 1.807) is 30.5 Å². The second-order valence-corrected chi connectivity index (χ2v) is 10.3. The van der Waals surface area contributed by atoms with E-state index in [0.717, 1.165) is 33.7 Å². The van der Waals surface area contributed by atoms with Crippen LogP contribution in [0.15, 0.2) is 47.6 Å². The number of aromatic nitrogens is 3. The smallest absolute Gasteiger partial charge is 0.208 e. The number of halogens is 1. The summed E-state index contributed by atoms with van der Waals surface area (Å²) >= 11 is 0. The molecule has 7 nitrogen and oxygen atoms in total. The number of hydrogen-bond acceptors (Lipinski definition) is 6. The highest BCUT2D eigenvalue weighted by Crippen LogP contribution is 2.32. The molecule has 0 saturated heterocycles. The molecule has 0 fully saturated rings. The molecule has 1 aliphatic heterocycles. The van der Waals surface area contributed by atoms with Gasteiger partial charge in [0.15, 0.2) is 9.84 Å². The highest BCUT2D eigenvalue weighted by atomic mass is 32.2. The molecule has 0 saturated carbocycles. The lowest BCUT2D eigenvalue weighted by Gasteiger charge is -2.14. The Morgan fingerprint density at radius 1 is 1.18 bits per heavy atom. The molecule has 2 aromatic heterocycles. The quantitative estimate of drug-likeness (QED) is 0.477. The van der Waals surface area contributed by atoms with Gasteiger partial charge in [-0.1, -0.05) is 6.07 Å². The van der Waals surface area contributed by atoms with E-state index in [0.29, 0.717) is 30.2 Å². The highest BCUT2D eigenvalue weighted by molar-refractivity contribution is 7.90. The third-order valence-electron chi connectivity index (χ3n) is 5.89. The molecule has 0 spiro atoms. The van der Waals surface area contributed by atoms with Crippen LogP contribution in [0.2, 0.25) is 0 Å². The van der Waals surface area contributed by atoms with Gasteiger partial charge in [-0.15, -0.1) is 0 Å². The SMILES string of the molecule is Cc1cn2c(NCc3c(F)ccc4c3CCO4)ncc(-c3ccc(S(C)(=O)=O)cc3C)c2n1. The monoisotopic (exact) mass is 466 g/mol. The number of rotatable bonds is 5. The summed E-state index contributed by atoms with van der Waals surface area (Å²) in [4.78, 5) is 9.52. The van der Waals surface area contributed by atoms with Crippen molar-refractivity contribution in [3.05, 3.63) is 70.9 Å². The molecular weight excluding hydrogens is 443 g/mol. The van der Waals surface area contributed by atoms with Crippen LogP contribution in [0, 0.1) is 19.7 Å². The number of fused-ring (bicyclic) bond motifs is 2. The van der Waals surface area contributed by atoms with Gasteiger partial charge in [0.1, 0.15) is 17.2 Å². The summed E-state index contributed by atoms with van der Waals surface area (Å²) < 4.78 is 45.7. The van der Waals surface area contributed by atoms with E-state index in [-0.39, 0.29) is 17.3 Å². The first-order chi connectivity index (χ1) is 15.7. The Labute approximate surface area is 191 Å². The van der Waals surface area contributed by atoms with Gasteiger partial charge in [-0.3, -0.25) is 4.40 Å². The second kappa shape index (κ2) is 7.84. The fourth-order valence-electron chi connectivity index (χ4n) is 4.26. The second-order valence-electron chi connectivity index (χ2n) is 8.27. The van der Waals surface area contributed by atoms with E-state index in [1.807, 2.05) is 24.4 Å². The summed E-state index contributed by atoms with van der Waals surface area (Å²) in [7, 11) is -3.30. The molecule has 33 heavy (non-hydrogen) atoms. The molecule has 1 N–H and O–H groups in total. The third kappa shape index (κ3) is 3.82. The van der Waals surface area contributed by atoms with Gasteiger partial charge in [-0.05, 0) is 49.2 Å². The molecule has 170 valence electrons.